The van der Waals surface area contributed by atoms with Crippen LogP contribution in [0.4, 0.5) is 5.69 Å². The van der Waals surface area contributed by atoms with Crippen LogP contribution in [0.1, 0.15) is 21.5 Å². The van der Waals surface area contributed by atoms with E-state index in [1.165, 1.54) is 6.08 Å². The minimum Gasteiger partial charge on any atom is -0.366 e. The summed E-state index contributed by atoms with van der Waals surface area (Å²) in [7, 11) is 0. The highest BCUT2D eigenvalue weighted by Crippen LogP contribution is 2.18. The van der Waals surface area contributed by atoms with Gasteiger partial charge in [-0.1, -0.05) is 29.8 Å². The van der Waals surface area contributed by atoms with Crippen molar-refractivity contribution in [2.45, 2.75) is 6.92 Å². The van der Waals surface area contributed by atoms with Gasteiger partial charge in [0.05, 0.1) is 11.3 Å². The van der Waals surface area contributed by atoms with Gasteiger partial charge in [0, 0.05) is 9.65 Å². The minimum atomic E-state index is -0.573. The minimum absolute atomic E-state index is 0.295. The molecule has 0 radical (unpaired) electrons. The van der Waals surface area contributed by atoms with E-state index in [-0.39, 0.29) is 5.91 Å². The number of primary amides is 1. The van der Waals surface area contributed by atoms with Crippen LogP contribution in [0, 0.1) is 10.5 Å². The van der Waals surface area contributed by atoms with E-state index in [2.05, 4.69) is 27.9 Å². The molecule has 0 aliphatic heterocycles. The molecule has 2 aromatic carbocycles. The number of hydrogen-bond acceptors (Lipinski definition) is 2. The van der Waals surface area contributed by atoms with Gasteiger partial charge in [-0.2, -0.15) is 0 Å². The fraction of sp³-hybridized carbons (Fsp3) is 0.0588. The Balaban J connectivity index is 2.12. The van der Waals surface area contributed by atoms with Crippen LogP contribution in [-0.4, -0.2) is 11.8 Å². The Bertz CT molecular complexity index is 737. The molecule has 22 heavy (non-hydrogen) atoms. The summed E-state index contributed by atoms with van der Waals surface area (Å²) in [5.74, 6) is -0.888. The van der Waals surface area contributed by atoms with E-state index in [1.807, 2.05) is 31.2 Å². The summed E-state index contributed by atoms with van der Waals surface area (Å²) in [6, 6.07) is 12.9. The number of rotatable bonds is 4. The average molecular weight is 406 g/mol. The van der Waals surface area contributed by atoms with Gasteiger partial charge in [-0.25, -0.2) is 0 Å². The molecule has 2 rings (SSSR count). The Morgan fingerprint density at radius 2 is 1.82 bits per heavy atom. The molecule has 0 heterocycles. The zero-order chi connectivity index (χ0) is 16.1. The van der Waals surface area contributed by atoms with Gasteiger partial charge < -0.3 is 11.1 Å². The highest BCUT2D eigenvalue weighted by Gasteiger charge is 2.10. The van der Waals surface area contributed by atoms with Gasteiger partial charge in [-0.05, 0) is 59.4 Å². The molecule has 0 aliphatic carbocycles. The molecule has 0 bridgehead atoms. The first-order chi connectivity index (χ1) is 10.5. The topological polar surface area (TPSA) is 72.2 Å². The predicted molar refractivity (Wildman–Crippen MR) is 96.5 cm³/mol. The number of carbonyl (C=O) groups is 2. The van der Waals surface area contributed by atoms with Crippen LogP contribution in [0.25, 0.3) is 6.08 Å². The molecule has 5 heteroatoms. The fourth-order valence-electron chi connectivity index (χ4n) is 1.85. The third kappa shape index (κ3) is 4.42. The Kier molecular flexibility index (Phi) is 5.32. The summed E-state index contributed by atoms with van der Waals surface area (Å²) in [6.45, 7) is 2.00. The van der Waals surface area contributed by atoms with Crippen molar-refractivity contribution >= 4 is 46.2 Å². The monoisotopic (exact) mass is 406 g/mol. The SMILES string of the molecule is Cc1ccc(/C=C/C(=O)Nc2ccc(I)cc2C(N)=O)cc1. The van der Waals surface area contributed by atoms with Crippen molar-refractivity contribution in [3.8, 4) is 0 Å². The standard InChI is InChI=1S/C17H15IN2O2/c1-11-2-4-12(5-3-11)6-9-16(21)20-15-8-7-13(18)10-14(15)17(19)22/h2-10H,1H3,(H2,19,22)(H,20,21)/b9-6+. The first kappa shape index (κ1) is 16.2. The summed E-state index contributed by atoms with van der Waals surface area (Å²) in [6.07, 6.45) is 3.14. The van der Waals surface area contributed by atoms with Crippen LogP contribution in [0.15, 0.2) is 48.5 Å². The lowest BCUT2D eigenvalue weighted by atomic mass is 10.1. The second-order valence-corrected chi connectivity index (χ2v) is 6.03. The van der Waals surface area contributed by atoms with Crippen molar-refractivity contribution < 1.29 is 9.59 Å². The van der Waals surface area contributed by atoms with E-state index in [9.17, 15) is 9.59 Å². The molecule has 2 aromatic rings. The van der Waals surface area contributed by atoms with Gasteiger partial charge in [0.1, 0.15) is 0 Å². The molecule has 0 atom stereocenters. The van der Waals surface area contributed by atoms with Crippen molar-refractivity contribution in [1.82, 2.24) is 0 Å². The molecule has 0 unspecified atom stereocenters. The maximum atomic E-state index is 12.0. The fourth-order valence-corrected chi connectivity index (χ4v) is 2.34. The Hall–Kier alpha value is -2.15. The van der Waals surface area contributed by atoms with E-state index in [0.29, 0.717) is 11.3 Å². The quantitative estimate of drug-likeness (QED) is 0.604. The normalized spacial score (nSPS) is 10.6. The second kappa shape index (κ2) is 7.22. The summed E-state index contributed by atoms with van der Waals surface area (Å²) in [4.78, 5) is 23.4. The lowest BCUT2D eigenvalue weighted by Gasteiger charge is -2.07. The van der Waals surface area contributed by atoms with Crippen molar-refractivity contribution in [2.75, 3.05) is 5.32 Å². The molecule has 0 saturated heterocycles. The van der Waals surface area contributed by atoms with E-state index in [4.69, 9.17) is 5.73 Å². The van der Waals surface area contributed by atoms with Crippen LogP contribution in [0.2, 0.25) is 0 Å². The predicted octanol–water partition coefficient (Wildman–Crippen LogP) is 3.35. The summed E-state index contributed by atoms with van der Waals surface area (Å²) in [5, 5.41) is 2.67. The molecule has 0 saturated carbocycles. The molecule has 0 spiro atoms. The molecular weight excluding hydrogens is 391 g/mol. The number of nitrogens with two attached hydrogens (primary N) is 1. The lowest BCUT2D eigenvalue weighted by molar-refractivity contribution is -0.111. The Morgan fingerprint density at radius 1 is 1.14 bits per heavy atom. The van der Waals surface area contributed by atoms with E-state index < -0.39 is 5.91 Å². The zero-order valence-electron chi connectivity index (χ0n) is 12.0. The van der Waals surface area contributed by atoms with Crippen molar-refractivity contribution in [1.29, 1.82) is 0 Å². The van der Waals surface area contributed by atoms with E-state index in [0.717, 1.165) is 14.7 Å². The largest absolute Gasteiger partial charge is 0.366 e. The molecule has 0 fully saturated rings. The van der Waals surface area contributed by atoms with Gasteiger partial charge in [0.15, 0.2) is 0 Å². The average Bonchev–Trinajstić information content (AvgIpc) is 2.48. The van der Waals surface area contributed by atoms with Gasteiger partial charge in [-0.3, -0.25) is 9.59 Å². The first-order valence-corrected chi connectivity index (χ1v) is 7.68. The summed E-state index contributed by atoms with van der Waals surface area (Å²) in [5.41, 5.74) is 8.12. The van der Waals surface area contributed by atoms with Crippen LogP contribution < -0.4 is 11.1 Å². The van der Waals surface area contributed by atoms with Gasteiger partial charge >= 0.3 is 0 Å². The summed E-state index contributed by atoms with van der Waals surface area (Å²) < 4.78 is 0.875. The van der Waals surface area contributed by atoms with E-state index in [1.54, 1.807) is 24.3 Å². The smallest absolute Gasteiger partial charge is 0.250 e. The second-order valence-electron chi connectivity index (χ2n) is 4.79. The number of anilines is 1. The van der Waals surface area contributed by atoms with Gasteiger partial charge in [-0.15, -0.1) is 0 Å². The van der Waals surface area contributed by atoms with Crippen LogP contribution in [0.3, 0.4) is 0 Å². The number of benzene rings is 2. The van der Waals surface area contributed by atoms with Crippen molar-refractivity contribution in [3.63, 3.8) is 0 Å². The molecule has 0 aliphatic rings. The number of hydrogen-bond donors (Lipinski definition) is 2. The molecule has 3 N–H and O–H groups in total. The molecular formula is C17H15IN2O2. The van der Waals surface area contributed by atoms with Gasteiger partial charge in [0.25, 0.3) is 5.91 Å². The van der Waals surface area contributed by atoms with Crippen LogP contribution in [0.5, 0.6) is 0 Å². The zero-order valence-corrected chi connectivity index (χ0v) is 14.1. The Labute approximate surface area is 142 Å². The highest BCUT2D eigenvalue weighted by molar-refractivity contribution is 14.1. The molecule has 2 amide bonds. The molecule has 0 aromatic heterocycles. The van der Waals surface area contributed by atoms with Crippen molar-refractivity contribution in [3.05, 3.63) is 68.8 Å². The third-order valence-corrected chi connectivity index (χ3v) is 3.68. The number of halogens is 1. The van der Waals surface area contributed by atoms with E-state index >= 15 is 0 Å². The Morgan fingerprint density at radius 3 is 2.45 bits per heavy atom. The molecule has 4 nitrogen and oxygen atoms in total. The van der Waals surface area contributed by atoms with Crippen molar-refractivity contribution in [2.24, 2.45) is 5.73 Å². The number of carbonyl (C=O) groups excluding carboxylic acids is 2. The van der Waals surface area contributed by atoms with Crippen LogP contribution >= 0.6 is 22.6 Å². The number of nitrogens with one attached hydrogen (secondary N) is 1. The summed E-state index contributed by atoms with van der Waals surface area (Å²) >= 11 is 2.08. The first-order valence-electron chi connectivity index (χ1n) is 6.61. The van der Waals surface area contributed by atoms with Gasteiger partial charge in [0.2, 0.25) is 5.91 Å². The maximum Gasteiger partial charge on any atom is 0.250 e. The van der Waals surface area contributed by atoms with Crippen LogP contribution in [-0.2, 0) is 4.79 Å². The maximum absolute atomic E-state index is 12.0. The number of amides is 2. The highest BCUT2D eigenvalue weighted by atomic mass is 127. The molecule has 112 valence electrons. The third-order valence-electron chi connectivity index (χ3n) is 3.01. The lowest BCUT2D eigenvalue weighted by Crippen LogP contribution is -2.17. The number of aryl methyl sites for hydroxylation is 1.